The van der Waals surface area contributed by atoms with Crippen molar-refractivity contribution in [2.45, 2.75) is 72.1 Å². The van der Waals surface area contributed by atoms with Gasteiger partial charge in [0.2, 0.25) is 0 Å². The van der Waals surface area contributed by atoms with Crippen LogP contribution >= 0.6 is 0 Å². The SMILES string of the molecule is Cc1cc(C)cc(-c2nccc3c(C)c(C(C)C4CCCCCC4)ccc23)c1. The highest BCUT2D eigenvalue weighted by molar-refractivity contribution is 5.97. The van der Waals surface area contributed by atoms with Crippen LogP contribution in [0.4, 0.5) is 0 Å². The zero-order valence-corrected chi connectivity index (χ0v) is 17.9. The Morgan fingerprint density at radius 1 is 0.821 bits per heavy atom. The molecule has 1 nitrogen and oxygen atoms in total. The predicted octanol–water partition coefficient (Wildman–Crippen LogP) is 7.90. The maximum Gasteiger partial charge on any atom is 0.0780 e. The predicted molar refractivity (Wildman–Crippen MR) is 121 cm³/mol. The molecule has 0 spiro atoms. The Labute approximate surface area is 170 Å². The van der Waals surface area contributed by atoms with E-state index in [4.69, 9.17) is 4.98 Å². The standard InChI is InChI=1S/C27H33N/c1-18-15-19(2)17-23(16-18)27-26-12-11-24(21(4)25(26)13-14-28-27)20(3)22-9-7-5-6-8-10-22/h11-17,20,22H,5-10H2,1-4H3. The second kappa shape index (κ2) is 8.07. The summed E-state index contributed by atoms with van der Waals surface area (Å²) in [6, 6.07) is 13.7. The van der Waals surface area contributed by atoms with E-state index in [0.29, 0.717) is 5.92 Å². The van der Waals surface area contributed by atoms with E-state index in [1.54, 1.807) is 0 Å². The molecule has 0 radical (unpaired) electrons. The van der Waals surface area contributed by atoms with E-state index in [9.17, 15) is 0 Å². The molecule has 0 amide bonds. The fraction of sp³-hybridized carbons (Fsp3) is 0.444. The third-order valence-corrected chi connectivity index (χ3v) is 6.85. The van der Waals surface area contributed by atoms with E-state index in [1.165, 1.54) is 77.1 Å². The summed E-state index contributed by atoms with van der Waals surface area (Å²) in [5.74, 6) is 1.47. The van der Waals surface area contributed by atoms with Gasteiger partial charge in [0.05, 0.1) is 5.69 Å². The Morgan fingerprint density at radius 2 is 1.50 bits per heavy atom. The van der Waals surface area contributed by atoms with Crippen LogP contribution < -0.4 is 0 Å². The van der Waals surface area contributed by atoms with Crippen molar-refractivity contribution < 1.29 is 0 Å². The first-order chi connectivity index (χ1) is 13.5. The monoisotopic (exact) mass is 371 g/mol. The van der Waals surface area contributed by atoms with E-state index in [1.807, 2.05) is 6.20 Å². The molecular weight excluding hydrogens is 338 g/mol. The normalized spacial score (nSPS) is 16.9. The van der Waals surface area contributed by atoms with Gasteiger partial charge in [-0.2, -0.15) is 0 Å². The van der Waals surface area contributed by atoms with Gasteiger partial charge < -0.3 is 0 Å². The quantitative estimate of drug-likeness (QED) is 0.426. The third-order valence-electron chi connectivity index (χ3n) is 6.85. The van der Waals surface area contributed by atoms with Crippen LogP contribution in [0.15, 0.2) is 42.6 Å². The second-order valence-corrected chi connectivity index (χ2v) is 8.95. The minimum absolute atomic E-state index is 0.639. The highest BCUT2D eigenvalue weighted by atomic mass is 14.7. The molecule has 1 unspecified atom stereocenters. The first-order valence-electron chi connectivity index (χ1n) is 11.0. The van der Waals surface area contributed by atoms with Gasteiger partial charge in [-0.15, -0.1) is 0 Å². The Balaban J connectivity index is 1.78. The number of benzene rings is 2. The highest BCUT2D eigenvalue weighted by Crippen LogP contribution is 2.39. The average Bonchev–Trinajstić information content (AvgIpc) is 2.96. The molecule has 0 aliphatic heterocycles. The smallest absolute Gasteiger partial charge is 0.0780 e. The molecule has 1 aromatic heterocycles. The lowest BCUT2D eigenvalue weighted by molar-refractivity contribution is 0.394. The molecule has 1 fully saturated rings. The van der Waals surface area contributed by atoms with Crippen LogP contribution in [0.2, 0.25) is 0 Å². The van der Waals surface area contributed by atoms with E-state index >= 15 is 0 Å². The highest BCUT2D eigenvalue weighted by Gasteiger charge is 2.22. The topological polar surface area (TPSA) is 12.9 Å². The number of nitrogens with zero attached hydrogens (tertiary/aromatic N) is 1. The summed E-state index contributed by atoms with van der Waals surface area (Å²) in [4.78, 5) is 4.78. The molecule has 1 heterocycles. The molecule has 4 rings (SSSR count). The molecule has 0 bridgehead atoms. The van der Waals surface area contributed by atoms with Gasteiger partial charge in [-0.1, -0.05) is 61.9 Å². The van der Waals surface area contributed by atoms with Crippen LogP contribution in [0.25, 0.3) is 22.0 Å². The molecule has 1 atom stereocenters. The molecule has 1 heteroatoms. The van der Waals surface area contributed by atoms with Gasteiger partial charge in [0.15, 0.2) is 0 Å². The van der Waals surface area contributed by atoms with E-state index in [2.05, 4.69) is 64.1 Å². The molecule has 0 N–H and O–H groups in total. The van der Waals surface area contributed by atoms with Crippen LogP contribution in [0.1, 0.15) is 73.6 Å². The Morgan fingerprint density at radius 3 is 2.18 bits per heavy atom. The lowest BCUT2D eigenvalue weighted by Crippen LogP contribution is -2.11. The summed E-state index contributed by atoms with van der Waals surface area (Å²) >= 11 is 0. The van der Waals surface area contributed by atoms with E-state index < -0.39 is 0 Å². The number of rotatable bonds is 3. The Kier molecular flexibility index (Phi) is 5.53. The lowest BCUT2D eigenvalue weighted by atomic mass is 9.80. The van der Waals surface area contributed by atoms with Crippen LogP contribution in [-0.4, -0.2) is 4.98 Å². The van der Waals surface area contributed by atoms with Gasteiger partial charge in [0.1, 0.15) is 0 Å². The summed E-state index contributed by atoms with van der Waals surface area (Å²) < 4.78 is 0. The summed E-state index contributed by atoms with van der Waals surface area (Å²) in [5.41, 5.74) is 7.92. The van der Waals surface area contributed by atoms with Gasteiger partial charge in [0, 0.05) is 17.1 Å². The number of hydrogen-bond acceptors (Lipinski definition) is 1. The fourth-order valence-corrected chi connectivity index (χ4v) is 5.32. The van der Waals surface area contributed by atoms with Gasteiger partial charge in [-0.05, 0) is 80.2 Å². The maximum absolute atomic E-state index is 4.78. The summed E-state index contributed by atoms with van der Waals surface area (Å²) in [6.45, 7) is 9.10. The van der Waals surface area contributed by atoms with Gasteiger partial charge in [0.25, 0.3) is 0 Å². The van der Waals surface area contributed by atoms with Gasteiger partial charge in [-0.25, -0.2) is 0 Å². The van der Waals surface area contributed by atoms with Crippen molar-refractivity contribution in [1.29, 1.82) is 0 Å². The molecule has 0 saturated heterocycles. The largest absolute Gasteiger partial charge is 0.256 e. The first kappa shape index (κ1) is 19.2. The van der Waals surface area contributed by atoms with Crippen molar-refractivity contribution in [3.63, 3.8) is 0 Å². The number of fused-ring (bicyclic) bond motifs is 1. The molecule has 2 aromatic carbocycles. The van der Waals surface area contributed by atoms with Crippen molar-refractivity contribution in [2.75, 3.05) is 0 Å². The molecule has 1 saturated carbocycles. The minimum Gasteiger partial charge on any atom is -0.256 e. The van der Waals surface area contributed by atoms with Crippen molar-refractivity contribution in [2.24, 2.45) is 5.92 Å². The van der Waals surface area contributed by atoms with Crippen LogP contribution in [0.5, 0.6) is 0 Å². The summed E-state index contributed by atoms with van der Waals surface area (Å²) in [6.07, 6.45) is 10.4. The summed E-state index contributed by atoms with van der Waals surface area (Å²) in [7, 11) is 0. The molecule has 1 aliphatic carbocycles. The fourth-order valence-electron chi connectivity index (χ4n) is 5.32. The van der Waals surface area contributed by atoms with E-state index in [0.717, 1.165) is 11.6 Å². The van der Waals surface area contributed by atoms with Crippen LogP contribution in [-0.2, 0) is 0 Å². The molecule has 3 aromatic rings. The van der Waals surface area contributed by atoms with Gasteiger partial charge >= 0.3 is 0 Å². The van der Waals surface area contributed by atoms with Gasteiger partial charge in [-0.3, -0.25) is 4.98 Å². The van der Waals surface area contributed by atoms with Crippen molar-refractivity contribution in [3.05, 3.63) is 64.8 Å². The van der Waals surface area contributed by atoms with Crippen molar-refractivity contribution in [1.82, 2.24) is 4.98 Å². The van der Waals surface area contributed by atoms with Crippen molar-refractivity contribution in [3.8, 4) is 11.3 Å². The van der Waals surface area contributed by atoms with Crippen LogP contribution in [0.3, 0.4) is 0 Å². The molecule has 1 aliphatic rings. The Bertz CT molecular complexity index is 957. The zero-order valence-electron chi connectivity index (χ0n) is 17.9. The first-order valence-corrected chi connectivity index (χ1v) is 11.0. The number of pyridine rings is 1. The molecule has 28 heavy (non-hydrogen) atoms. The Hall–Kier alpha value is -2.15. The van der Waals surface area contributed by atoms with Crippen molar-refractivity contribution >= 4 is 10.8 Å². The molecule has 146 valence electrons. The number of aromatic nitrogens is 1. The van der Waals surface area contributed by atoms with Crippen LogP contribution in [0, 0.1) is 26.7 Å². The average molecular weight is 372 g/mol. The summed E-state index contributed by atoms with van der Waals surface area (Å²) in [5, 5.41) is 2.64. The number of aryl methyl sites for hydroxylation is 3. The number of hydrogen-bond donors (Lipinski definition) is 0. The van der Waals surface area contributed by atoms with E-state index in [-0.39, 0.29) is 0 Å². The lowest BCUT2D eigenvalue weighted by Gasteiger charge is -2.25. The zero-order chi connectivity index (χ0) is 19.7. The maximum atomic E-state index is 4.78. The second-order valence-electron chi connectivity index (χ2n) is 8.95. The minimum atomic E-state index is 0.639. The molecular formula is C27H33N. The third kappa shape index (κ3) is 3.72.